The van der Waals surface area contributed by atoms with Crippen LogP contribution in [-0.4, -0.2) is 16.9 Å². The number of rotatable bonds is 2. The number of hydrogen-bond donors (Lipinski definition) is 0. The number of nitrogens with zero attached hydrogens (tertiary/aromatic N) is 2. The molecule has 2 rings (SSSR count). The predicted octanol–water partition coefficient (Wildman–Crippen LogP) is 2.53. The molecule has 0 unspecified atom stereocenters. The topological polar surface area (TPSA) is 27.1 Å². The molecule has 0 aliphatic heterocycles. The van der Waals surface area contributed by atoms with Crippen LogP contribution in [0.1, 0.15) is 0 Å². The highest BCUT2D eigenvalue weighted by atomic mass is 35.5. The van der Waals surface area contributed by atoms with Crippen molar-refractivity contribution in [2.24, 2.45) is 0 Å². The van der Waals surface area contributed by atoms with Crippen LogP contribution in [0.25, 0.3) is 5.69 Å². The third-order valence-corrected chi connectivity index (χ3v) is 2.21. The van der Waals surface area contributed by atoms with Gasteiger partial charge in [0.1, 0.15) is 0 Å². The van der Waals surface area contributed by atoms with Crippen molar-refractivity contribution in [2.75, 3.05) is 7.11 Å². The Labute approximate surface area is 86.9 Å². The monoisotopic (exact) mass is 208 g/mol. The van der Waals surface area contributed by atoms with E-state index in [2.05, 4.69) is 5.10 Å². The van der Waals surface area contributed by atoms with E-state index in [4.69, 9.17) is 16.3 Å². The molecule has 1 aromatic carbocycles. The first-order valence-corrected chi connectivity index (χ1v) is 4.52. The van der Waals surface area contributed by atoms with Gasteiger partial charge in [0.25, 0.3) is 0 Å². The molecule has 0 N–H and O–H groups in total. The molecule has 0 bridgehead atoms. The van der Waals surface area contributed by atoms with Crippen LogP contribution >= 0.6 is 11.6 Å². The van der Waals surface area contributed by atoms with Crippen LogP contribution in [0.2, 0.25) is 5.02 Å². The van der Waals surface area contributed by atoms with Gasteiger partial charge in [0.05, 0.1) is 30.2 Å². The van der Waals surface area contributed by atoms with E-state index < -0.39 is 0 Å². The summed E-state index contributed by atoms with van der Waals surface area (Å²) in [7, 11) is 1.61. The molecule has 3 nitrogen and oxygen atoms in total. The minimum absolute atomic E-state index is 0.665. The van der Waals surface area contributed by atoms with E-state index in [1.165, 1.54) is 0 Å². The molecule has 0 aliphatic carbocycles. The van der Waals surface area contributed by atoms with Crippen molar-refractivity contribution in [1.82, 2.24) is 9.78 Å². The van der Waals surface area contributed by atoms with Gasteiger partial charge in [0.2, 0.25) is 0 Å². The molecule has 72 valence electrons. The van der Waals surface area contributed by atoms with Crippen molar-refractivity contribution in [2.45, 2.75) is 0 Å². The standard InChI is InChI=1S/C10H9ClN2O/c1-14-8-6-12-13(7-8)10-5-3-2-4-9(10)11/h2-7H,1H3. The summed E-state index contributed by atoms with van der Waals surface area (Å²) >= 11 is 6.01. The third-order valence-electron chi connectivity index (χ3n) is 1.89. The van der Waals surface area contributed by atoms with E-state index in [1.54, 1.807) is 24.2 Å². The number of hydrogen-bond acceptors (Lipinski definition) is 2. The first-order chi connectivity index (χ1) is 6.81. The second-order valence-electron chi connectivity index (χ2n) is 2.78. The summed E-state index contributed by atoms with van der Waals surface area (Å²) in [6, 6.07) is 7.52. The predicted molar refractivity (Wildman–Crippen MR) is 55.1 cm³/mol. The van der Waals surface area contributed by atoms with Crippen LogP contribution in [0.15, 0.2) is 36.7 Å². The van der Waals surface area contributed by atoms with Crippen LogP contribution in [-0.2, 0) is 0 Å². The minimum Gasteiger partial charge on any atom is -0.493 e. The average Bonchev–Trinajstić information content (AvgIpc) is 2.67. The van der Waals surface area contributed by atoms with Gasteiger partial charge in [-0.25, -0.2) is 4.68 Å². The maximum atomic E-state index is 6.01. The summed E-state index contributed by atoms with van der Waals surface area (Å²) in [5, 5.41) is 4.79. The Morgan fingerprint density at radius 3 is 2.79 bits per heavy atom. The van der Waals surface area contributed by atoms with Crippen LogP contribution < -0.4 is 4.74 Å². The quantitative estimate of drug-likeness (QED) is 0.759. The van der Waals surface area contributed by atoms with Crippen LogP contribution in [0.3, 0.4) is 0 Å². The SMILES string of the molecule is COc1cnn(-c2ccccc2Cl)c1. The number of aromatic nitrogens is 2. The van der Waals surface area contributed by atoms with E-state index in [9.17, 15) is 0 Å². The van der Waals surface area contributed by atoms with Crippen LogP contribution in [0.4, 0.5) is 0 Å². The molecule has 0 amide bonds. The first kappa shape index (κ1) is 9.09. The fraction of sp³-hybridized carbons (Fsp3) is 0.100. The highest BCUT2D eigenvalue weighted by Gasteiger charge is 2.03. The Hall–Kier alpha value is -1.48. The molecule has 0 fully saturated rings. The zero-order valence-electron chi connectivity index (χ0n) is 7.64. The van der Waals surface area contributed by atoms with Crippen molar-refractivity contribution in [3.63, 3.8) is 0 Å². The van der Waals surface area contributed by atoms with Gasteiger partial charge in [-0.2, -0.15) is 5.10 Å². The van der Waals surface area contributed by atoms with Gasteiger partial charge in [0.15, 0.2) is 5.75 Å². The molecule has 2 aromatic rings. The normalized spacial score (nSPS) is 10.1. The lowest BCUT2D eigenvalue weighted by Gasteiger charge is -2.02. The Morgan fingerprint density at radius 1 is 1.36 bits per heavy atom. The molecule has 0 spiro atoms. The smallest absolute Gasteiger partial charge is 0.157 e. The Morgan fingerprint density at radius 2 is 2.14 bits per heavy atom. The zero-order valence-corrected chi connectivity index (χ0v) is 8.40. The largest absolute Gasteiger partial charge is 0.493 e. The first-order valence-electron chi connectivity index (χ1n) is 4.15. The molecule has 0 saturated heterocycles. The Kier molecular flexibility index (Phi) is 2.41. The molecule has 14 heavy (non-hydrogen) atoms. The van der Waals surface area contributed by atoms with Gasteiger partial charge in [-0.05, 0) is 12.1 Å². The fourth-order valence-corrected chi connectivity index (χ4v) is 1.40. The van der Waals surface area contributed by atoms with E-state index in [-0.39, 0.29) is 0 Å². The zero-order chi connectivity index (χ0) is 9.97. The van der Waals surface area contributed by atoms with E-state index in [0.717, 1.165) is 5.69 Å². The molecule has 0 saturated carbocycles. The van der Waals surface area contributed by atoms with Gasteiger partial charge in [0, 0.05) is 0 Å². The third kappa shape index (κ3) is 1.59. The number of halogens is 1. The number of benzene rings is 1. The maximum Gasteiger partial charge on any atom is 0.157 e. The molecular formula is C10H9ClN2O. The molecule has 0 aliphatic rings. The molecular weight excluding hydrogens is 200 g/mol. The molecule has 0 radical (unpaired) electrons. The number of methoxy groups -OCH3 is 1. The molecule has 1 heterocycles. The van der Waals surface area contributed by atoms with Gasteiger partial charge >= 0.3 is 0 Å². The van der Waals surface area contributed by atoms with Gasteiger partial charge in [-0.1, -0.05) is 23.7 Å². The summed E-state index contributed by atoms with van der Waals surface area (Å²) in [6.07, 6.45) is 3.42. The van der Waals surface area contributed by atoms with Crippen molar-refractivity contribution in [3.05, 3.63) is 41.7 Å². The second-order valence-corrected chi connectivity index (χ2v) is 3.18. The van der Waals surface area contributed by atoms with Gasteiger partial charge < -0.3 is 4.74 Å². The lowest BCUT2D eigenvalue weighted by molar-refractivity contribution is 0.414. The molecule has 4 heteroatoms. The van der Waals surface area contributed by atoms with Crippen molar-refractivity contribution < 1.29 is 4.74 Å². The average molecular weight is 209 g/mol. The summed E-state index contributed by atoms with van der Waals surface area (Å²) in [4.78, 5) is 0. The summed E-state index contributed by atoms with van der Waals surface area (Å²) in [5.74, 6) is 0.713. The Bertz CT molecular complexity index is 439. The fourth-order valence-electron chi connectivity index (χ4n) is 1.18. The van der Waals surface area contributed by atoms with E-state index in [1.807, 2.05) is 24.3 Å². The summed E-state index contributed by atoms with van der Waals surface area (Å²) < 4.78 is 6.71. The van der Waals surface area contributed by atoms with Crippen molar-refractivity contribution >= 4 is 11.6 Å². The Balaban J connectivity index is 2.44. The van der Waals surface area contributed by atoms with Crippen LogP contribution in [0.5, 0.6) is 5.75 Å². The molecule has 1 aromatic heterocycles. The molecule has 0 atom stereocenters. The lowest BCUT2D eigenvalue weighted by atomic mass is 10.3. The number of ether oxygens (including phenoxy) is 1. The lowest BCUT2D eigenvalue weighted by Crippen LogP contribution is -1.94. The van der Waals surface area contributed by atoms with Gasteiger partial charge in [-0.3, -0.25) is 0 Å². The van der Waals surface area contributed by atoms with Gasteiger partial charge in [-0.15, -0.1) is 0 Å². The van der Waals surface area contributed by atoms with E-state index in [0.29, 0.717) is 10.8 Å². The number of para-hydroxylation sites is 1. The summed E-state index contributed by atoms with van der Waals surface area (Å²) in [5.41, 5.74) is 0.845. The minimum atomic E-state index is 0.665. The van der Waals surface area contributed by atoms with Crippen molar-refractivity contribution in [1.29, 1.82) is 0 Å². The van der Waals surface area contributed by atoms with E-state index >= 15 is 0 Å². The van der Waals surface area contributed by atoms with Crippen LogP contribution in [0, 0.1) is 0 Å². The van der Waals surface area contributed by atoms with Crippen molar-refractivity contribution in [3.8, 4) is 11.4 Å². The maximum absolute atomic E-state index is 6.01. The highest BCUT2D eigenvalue weighted by Crippen LogP contribution is 2.20. The summed E-state index contributed by atoms with van der Waals surface area (Å²) in [6.45, 7) is 0. The highest BCUT2D eigenvalue weighted by molar-refractivity contribution is 6.32. The second kappa shape index (κ2) is 3.72.